The molecule has 0 aromatic heterocycles. The highest BCUT2D eigenvalue weighted by molar-refractivity contribution is 7.80. The Hall–Kier alpha value is -1.57. The van der Waals surface area contributed by atoms with Crippen molar-refractivity contribution in [3.05, 3.63) is 64.7 Å². The zero-order valence-corrected chi connectivity index (χ0v) is 18.3. The molecule has 1 amide bonds. The van der Waals surface area contributed by atoms with Crippen LogP contribution in [-0.4, -0.2) is 26.8 Å². The van der Waals surface area contributed by atoms with Crippen molar-refractivity contribution in [2.75, 3.05) is 5.32 Å². The van der Waals surface area contributed by atoms with Crippen LogP contribution in [0.1, 0.15) is 27.6 Å². The minimum Gasteiger partial charge on any atom is -0.339 e. The van der Waals surface area contributed by atoms with Crippen molar-refractivity contribution < 1.29 is 9.59 Å². The Labute approximate surface area is 187 Å². The molecule has 28 heavy (non-hydrogen) atoms. The minimum atomic E-state index is -1.88. The highest BCUT2D eigenvalue weighted by Gasteiger charge is 2.34. The van der Waals surface area contributed by atoms with Gasteiger partial charge in [-0.1, -0.05) is 46.4 Å². The summed E-state index contributed by atoms with van der Waals surface area (Å²) in [5.41, 5.74) is 1.53. The van der Waals surface area contributed by atoms with Gasteiger partial charge in [-0.05, 0) is 67.7 Å². The van der Waals surface area contributed by atoms with Crippen molar-refractivity contribution in [2.45, 2.75) is 16.9 Å². The molecule has 148 valence electrons. The highest BCUT2D eigenvalue weighted by Crippen LogP contribution is 2.29. The summed E-state index contributed by atoms with van der Waals surface area (Å²) in [4.78, 5) is 23.7. The maximum absolute atomic E-state index is 12.4. The number of ketones is 1. The molecule has 2 aromatic rings. The fraction of sp³-hybridized carbons (Fsp3) is 0.167. The molecule has 0 bridgehead atoms. The van der Waals surface area contributed by atoms with Crippen molar-refractivity contribution in [1.29, 1.82) is 0 Å². The van der Waals surface area contributed by atoms with Crippen molar-refractivity contribution >= 4 is 81.1 Å². The van der Waals surface area contributed by atoms with Gasteiger partial charge in [0.1, 0.15) is 6.17 Å². The summed E-state index contributed by atoms with van der Waals surface area (Å²) in [7, 11) is 0. The van der Waals surface area contributed by atoms with Gasteiger partial charge in [-0.3, -0.25) is 9.59 Å². The SMILES string of the molecule is CC(=O)c1ccc(NC(=S)N[C@H](NC(=O)c2ccc(Cl)cc2)C(Cl)(Cl)Cl)cc1. The lowest BCUT2D eigenvalue weighted by molar-refractivity contribution is 0.0933. The highest BCUT2D eigenvalue weighted by atomic mass is 35.6. The number of Topliss-reactive ketones (excluding diaryl/α,β-unsaturated/α-hetero) is 1. The van der Waals surface area contributed by atoms with Crippen LogP contribution in [0.5, 0.6) is 0 Å². The quantitative estimate of drug-likeness (QED) is 0.245. The zero-order chi connectivity index (χ0) is 20.9. The second-order valence-electron chi connectivity index (χ2n) is 5.69. The van der Waals surface area contributed by atoms with Crippen LogP contribution in [0.3, 0.4) is 0 Å². The number of hydrogen-bond acceptors (Lipinski definition) is 3. The van der Waals surface area contributed by atoms with Gasteiger partial charge in [-0.25, -0.2) is 0 Å². The van der Waals surface area contributed by atoms with Crippen molar-refractivity contribution in [1.82, 2.24) is 10.6 Å². The number of anilines is 1. The number of halogens is 4. The van der Waals surface area contributed by atoms with E-state index in [0.717, 1.165) is 0 Å². The Morgan fingerprint density at radius 1 is 0.929 bits per heavy atom. The molecular formula is C18H15Cl4N3O2S. The maximum atomic E-state index is 12.4. The van der Waals surface area contributed by atoms with Gasteiger partial charge in [-0.15, -0.1) is 0 Å². The Bertz CT molecular complexity index is 868. The molecule has 0 unspecified atom stereocenters. The van der Waals surface area contributed by atoms with Crippen LogP contribution in [0.2, 0.25) is 5.02 Å². The van der Waals surface area contributed by atoms with E-state index in [4.69, 9.17) is 58.6 Å². The summed E-state index contributed by atoms with van der Waals surface area (Å²) in [5.74, 6) is -0.525. The zero-order valence-electron chi connectivity index (χ0n) is 14.4. The molecular weight excluding hydrogens is 464 g/mol. The number of carbonyl (C=O) groups is 2. The first-order valence-electron chi connectivity index (χ1n) is 7.88. The number of amides is 1. The monoisotopic (exact) mass is 477 g/mol. The van der Waals surface area contributed by atoms with Gasteiger partial charge >= 0.3 is 0 Å². The Balaban J connectivity index is 2.04. The molecule has 0 aliphatic carbocycles. The fourth-order valence-corrected chi connectivity index (χ4v) is 2.79. The molecule has 0 heterocycles. The van der Waals surface area contributed by atoms with E-state index in [1.807, 2.05) is 0 Å². The second-order valence-corrected chi connectivity index (χ2v) is 8.90. The van der Waals surface area contributed by atoms with Crippen LogP contribution in [0.4, 0.5) is 5.69 Å². The number of thiocarbonyl (C=S) groups is 1. The summed E-state index contributed by atoms with van der Waals surface area (Å²) in [6, 6.07) is 12.9. The summed E-state index contributed by atoms with van der Waals surface area (Å²) in [6.07, 6.45) is -1.11. The first-order chi connectivity index (χ1) is 13.1. The number of rotatable bonds is 5. The summed E-state index contributed by atoms with van der Waals surface area (Å²) >= 11 is 28.9. The van der Waals surface area contributed by atoms with Crippen molar-refractivity contribution in [3.8, 4) is 0 Å². The molecule has 2 rings (SSSR count). The summed E-state index contributed by atoms with van der Waals surface area (Å²) in [5, 5.41) is 8.83. The number of hydrogen-bond donors (Lipinski definition) is 3. The van der Waals surface area contributed by atoms with E-state index in [1.165, 1.54) is 6.92 Å². The van der Waals surface area contributed by atoms with E-state index < -0.39 is 15.9 Å². The van der Waals surface area contributed by atoms with Gasteiger partial charge < -0.3 is 16.0 Å². The lowest BCUT2D eigenvalue weighted by Gasteiger charge is -2.27. The number of nitrogens with one attached hydrogen (secondary N) is 3. The number of carbonyl (C=O) groups excluding carboxylic acids is 2. The Morgan fingerprint density at radius 2 is 1.46 bits per heavy atom. The summed E-state index contributed by atoms with van der Waals surface area (Å²) < 4.78 is -1.88. The lowest BCUT2D eigenvalue weighted by Crippen LogP contribution is -2.56. The maximum Gasteiger partial charge on any atom is 0.252 e. The largest absolute Gasteiger partial charge is 0.339 e. The molecule has 0 fully saturated rings. The standard InChI is InChI=1S/C18H15Cl4N3O2S/c1-10(26)11-4-8-14(9-5-11)23-17(28)25-16(18(20,21)22)24-15(27)12-2-6-13(19)7-3-12/h2-9,16H,1H3,(H,24,27)(H2,23,25,28)/t16-/m0/s1. The predicted octanol–water partition coefficient (Wildman–Crippen LogP) is 4.96. The second kappa shape index (κ2) is 9.76. The molecule has 2 aromatic carbocycles. The molecule has 10 heteroatoms. The summed E-state index contributed by atoms with van der Waals surface area (Å²) in [6.45, 7) is 1.48. The van der Waals surface area contributed by atoms with Crippen LogP contribution in [0, 0.1) is 0 Å². The van der Waals surface area contributed by atoms with E-state index in [0.29, 0.717) is 21.8 Å². The van der Waals surface area contributed by atoms with Gasteiger partial charge in [0, 0.05) is 21.8 Å². The van der Waals surface area contributed by atoms with E-state index >= 15 is 0 Å². The molecule has 3 N–H and O–H groups in total. The predicted molar refractivity (Wildman–Crippen MR) is 119 cm³/mol. The van der Waals surface area contributed by atoms with Crippen LogP contribution in [0.25, 0.3) is 0 Å². The molecule has 5 nitrogen and oxygen atoms in total. The van der Waals surface area contributed by atoms with Crippen molar-refractivity contribution in [3.63, 3.8) is 0 Å². The topological polar surface area (TPSA) is 70.2 Å². The van der Waals surface area contributed by atoms with E-state index in [2.05, 4.69) is 16.0 Å². The third-order valence-corrected chi connectivity index (χ3v) is 4.66. The van der Waals surface area contributed by atoms with Gasteiger partial charge in [0.25, 0.3) is 5.91 Å². The average Bonchev–Trinajstić information content (AvgIpc) is 2.61. The van der Waals surface area contributed by atoms with E-state index in [9.17, 15) is 9.59 Å². The van der Waals surface area contributed by atoms with Crippen LogP contribution >= 0.6 is 58.6 Å². The normalized spacial score (nSPS) is 12.0. The molecule has 1 atom stereocenters. The molecule has 0 aliphatic rings. The molecule has 0 radical (unpaired) electrons. The number of alkyl halides is 3. The molecule has 0 spiro atoms. The van der Waals surface area contributed by atoms with Gasteiger partial charge in [0.2, 0.25) is 3.79 Å². The number of benzene rings is 2. The van der Waals surface area contributed by atoms with Crippen molar-refractivity contribution in [2.24, 2.45) is 0 Å². The minimum absolute atomic E-state index is 0.0477. The third kappa shape index (κ3) is 6.79. The van der Waals surface area contributed by atoms with Crippen LogP contribution < -0.4 is 16.0 Å². The molecule has 0 saturated heterocycles. The lowest BCUT2D eigenvalue weighted by atomic mass is 10.1. The Kier molecular flexibility index (Phi) is 7.92. The third-order valence-electron chi connectivity index (χ3n) is 3.53. The van der Waals surface area contributed by atoms with Crippen LogP contribution in [-0.2, 0) is 0 Å². The van der Waals surface area contributed by atoms with Gasteiger partial charge in [-0.2, -0.15) is 0 Å². The average molecular weight is 479 g/mol. The smallest absolute Gasteiger partial charge is 0.252 e. The van der Waals surface area contributed by atoms with Gasteiger partial charge in [0.05, 0.1) is 0 Å². The molecule has 0 saturated carbocycles. The van der Waals surface area contributed by atoms with E-state index in [-0.39, 0.29) is 10.9 Å². The van der Waals surface area contributed by atoms with Gasteiger partial charge in [0.15, 0.2) is 10.9 Å². The first kappa shape index (κ1) is 22.7. The molecule has 0 aliphatic heterocycles. The fourth-order valence-electron chi connectivity index (χ4n) is 2.10. The first-order valence-corrected chi connectivity index (χ1v) is 9.80. The van der Waals surface area contributed by atoms with E-state index in [1.54, 1.807) is 48.5 Å². The Morgan fingerprint density at radius 3 is 1.96 bits per heavy atom. The van der Waals surface area contributed by atoms with Crippen LogP contribution in [0.15, 0.2) is 48.5 Å².